The topological polar surface area (TPSA) is 71.6 Å². The fourth-order valence-corrected chi connectivity index (χ4v) is 3.55. The number of carbonyl (C=O) groups excluding carboxylic acids is 1. The fourth-order valence-electron chi connectivity index (χ4n) is 3.55. The number of guanidine groups is 1. The molecule has 3 aromatic rings. The molecule has 146 valence electrons. The summed E-state index contributed by atoms with van der Waals surface area (Å²) in [6.07, 6.45) is 1.42. The van der Waals surface area contributed by atoms with Gasteiger partial charge in [-0.15, -0.1) is 0 Å². The van der Waals surface area contributed by atoms with Crippen LogP contribution in [0.2, 0.25) is 0 Å². The number of likely N-dealkylation sites (N-methyl/N-ethyl adjacent to an activating group) is 1. The van der Waals surface area contributed by atoms with E-state index in [0.29, 0.717) is 22.3 Å². The monoisotopic (exact) mass is 392 g/mol. The van der Waals surface area contributed by atoms with E-state index in [0.717, 1.165) is 0 Å². The molecule has 2 heterocycles. The van der Waals surface area contributed by atoms with Crippen molar-refractivity contribution in [1.29, 1.82) is 0 Å². The third-order valence-electron chi connectivity index (χ3n) is 5.08. The minimum absolute atomic E-state index is 0.0270. The predicted octanol–water partition coefficient (Wildman–Crippen LogP) is 3.39. The van der Waals surface area contributed by atoms with E-state index in [-0.39, 0.29) is 11.7 Å². The zero-order chi connectivity index (χ0) is 20.6. The van der Waals surface area contributed by atoms with Gasteiger partial charge in [0.1, 0.15) is 12.5 Å². The molecule has 1 unspecified atom stereocenters. The molecule has 7 heteroatoms. The summed E-state index contributed by atoms with van der Waals surface area (Å²) in [6, 6.07) is 16.5. The smallest absolute Gasteiger partial charge is 0.266 e. The van der Waals surface area contributed by atoms with Gasteiger partial charge in [0.15, 0.2) is 11.5 Å². The molecular weight excluding hydrogens is 374 g/mol. The SMILES string of the molecule is CN1C(=O)C(c2ccnc(CF)c2)(c2ccc(F)c(-c3ccccc3)c2)N=C1N. The van der Waals surface area contributed by atoms with Crippen LogP contribution in [0, 0.1) is 5.82 Å². The molecule has 29 heavy (non-hydrogen) atoms. The van der Waals surface area contributed by atoms with E-state index in [9.17, 15) is 13.6 Å². The Hall–Kier alpha value is -3.61. The van der Waals surface area contributed by atoms with E-state index in [2.05, 4.69) is 9.98 Å². The van der Waals surface area contributed by atoms with Crippen molar-refractivity contribution in [3.05, 3.63) is 89.5 Å². The van der Waals surface area contributed by atoms with Gasteiger partial charge in [-0.25, -0.2) is 13.8 Å². The third kappa shape index (κ3) is 2.95. The molecule has 2 N–H and O–H groups in total. The third-order valence-corrected chi connectivity index (χ3v) is 5.08. The average Bonchev–Trinajstić information content (AvgIpc) is 2.99. The van der Waals surface area contributed by atoms with Gasteiger partial charge in [-0.05, 0) is 41.0 Å². The number of carbonyl (C=O) groups is 1. The van der Waals surface area contributed by atoms with Crippen LogP contribution in [0.1, 0.15) is 16.8 Å². The van der Waals surface area contributed by atoms with Crippen LogP contribution in [-0.4, -0.2) is 28.8 Å². The van der Waals surface area contributed by atoms with Crippen LogP contribution in [-0.2, 0) is 17.0 Å². The number of hydrogen-bond acceptors (Lipinski definition) is 4. The molecule has 1 aliphatic heterocycles. The van der Waals surface area contributed by atoms with Crippen molar-refractivity contribution in [2.45, 2.75) is 12.2 Å². The number of aromatic nitrogens is 1. The van der Waals surface area contributed by atoms with Crippen molar-refractivity contribution in [1.82, 2.24) is 9.88 Å². The van der Waals surface area contributed by atoms with Crippen LogP contribution >= 0.6 is 0 Å². The lowest BCUT2D eigenvalue weighted by Crippen LogP contribution is -2.41. The molecule has 1 amide bonds. The highest BCUT2D eigenvalue weighted by Gasteiger charge is 2.49. The summed E-state index contributed by atoms with van der Waals surface area (Å²) in [6.45, 7) is -0.786. The second-order valence-corrected chi connectivity index (χ2v) is 6.77. The molecule has 0 saturated heterocycles. The van der Waals surface area contributed by atoms with Gasteiger partial charge < -0.3 is 5.73 Å². The highest BCUT2D eigenvalue weighted by Crippen LogP contribution is 2.41. The van der Waals surface area contributed by atoms with Crippen LogP contribution in [0.4, 0.5) is 8.78 Å². The first-order valence-electron chi connectivity index (χ1n) is 8.97. The van der Waals surface area contributed by atoms with Crippen molar-refractivity contribution in [2.75, 3.05) is 7.05 Å². The molecule has 1 aliphatic rings. The molecule has 0 saturated carbocycles. The second kappa shape index (κ2) is 7.09. The molecule has 1 aromatic heterocycles. The summed E-state index contributed by atoms with van der Waals surface area (Å²) in [5, 5.41) is 0. The Morgan fingerprint density at radius 1 is 1.07 bits per heavy atom. The standard InChI is InChI=1S/C22H18F2N4O/c1-28-20(29)22(27-21(28)25,16-9-10-26-17(11-16)13-23)15-7-8-19(24)18(12-15)14-5-3-2-4-6-14/h2-12H,13H2,1H3,(H2,25,27). The maximum Gasteiger partial charge on any atom is 0.266 e. The summed E-state index contributed by atoms with van der Waals surface area (Å²) in [5.41, 5.74) is 6.44. The maximum atomic E-state index is 14.6. The number of nitrogens with zero attached hydrogens (tertiary/aromatic N) is 3. The second-order valence-electron chi connectivity index (χ2n) is 6.77. The highest BCUT2D eigenvalue weighted by molar-refractivity contribution is 6.09. The largest absolute Gasteiger partial charge is 0.369 e. The lowest BCUT2D eigenvalue weighted by atomic mass is 9.81. The number of halogens is 2. The molecule has 0 aliphatic carbocycles. The van der Waals surface area contributed by atoms with Crippen molar-refractivity contribution < 1.29 is 13.6 Å². The zero-order valence-electron chi connectivity index (χ0n) is 15.6. The number of rotatable bonds is 4. The van der Waals surface area contributed by atoms with E-state index in [1.807, 2.05) is 6.07 Å². The van der Waals surface area contributed by atoms with Crippen molar-refractivity contribution in [3.8, 4) is 11.1 Å². The molecule has 1 atom stereocenters. The predicted molar refractivity (Wildman–Crippen MR) is 106 cm³/mol. The van der Waals surface area contributed by atoms with Crippen LogP contribution in [0.3, 0.4) is 0 Å². The molecular formula is C22H18F2N4O. The highest BCUT2D eigenvalue weighted by atomic mass is 19.1. The Bertz CT molecular complexity index is 1120. The summed E-state index contributed by atoms with van der Waals surface area (Å²) in [7, 11) is 1.52. The minimum atomic E-state index is -1.54. The number of nitrogens with two attached hydrogens (primary N) is 1. The fraction of sp³-hybridized carbons (Fsp3) is 0.136. The number of amides is 1. The van der Waals surface area contributed by atoms with Crippen molar-refractivity contribution in [2.24, 2.45) is 10.7 Å². The summed E-state index contributed by atoms with van der Waals surface area (Å²) >= 11 is 0. The summed E-state index contributed by atoms with van der Waals surface area (Å²) in [5.74, 6) is -0.805. The lowest BCUT2D eigenvalue weighted by Gasteiger charge is -2.27. The summed E-state index contributed by atoms with van der Waals surface area (Å²) in [4.78, 5) is 22.9. The number of benzene rings is 2. The average molecular weight is 392 g/mol. The maximum absolute atomic E-state index is 14.6. The van der Waals surface area contributed by atoms with E-state index < -0.39 is 23.9 Å². The van der Waals surface area contributed by atoms with Crippen molar-refractivity contribution in [3.63, 3.8) is 0 Å². The molecule has 4 rings (SSSR count). The molecule has 5 nitrogen and oxygen atoms in total. The van der Waals surface area contributed by atoms with Crippen LogP contribution in [0.15, 0.2) is 71.9 Å². The molecule has 0 bridgehead atoms. The number of pyridine rings is 1. The van der Waals surface area contributed by atoms with Crippen LogP contribution in [0.25, 0.3) is 11.1 Å². The van der Waals surface area contributed by atoms with Gasteiger partial charge in [0, 0.05) is 18.8 Å². The molecule has 0 radical (unpaired) electrons. The van der Waals surface area contributed by atoms with Crippen molar-refractivity contribution >= 4 is 11.9 Å². The summed E-state index contributed by atoms with van der Waals surface area (Å²) < 4.78 is 27.9. The first-order valence-corrected chi connectivity index (χ1v) is 8.97. The van der Waals surface area contributed by atoms with Crippen LogP contribution < -0.4 is 5.73 Å². The Balaban J connectivity index is 1.98. The normalized spacial score (nSPS) is 18.8. The van der Waals surface area contributed by atoms with E-state index >= 15 is 0 Å². The molecule has 2 aromatic carbocycles. The quantitative estimate of drug-likeness (QED) is 0.740. The van der Waals surface area contributed by atoms with Gasteiger partial charge >= 0.3 is 0 Å². The Morgan fingerprint density at radius 2 is 1.79 bits per heavy atom. The number of alkyl halides is 1. The van der Waals surface area contributed by atoms with Gasteiger partial charge in [0.2, 0.25) is 0 Å². The molecule has 0 fully saturated rings. The lowest BCUT2D eigenvalue weighted by molar-refractivity contribution is -0.129. The van der Waals surface area contributed by atoms with Crippen LogP contribution in [0.5, 0.6) is 0 Å². The number of hydrogen-bond donors (Lipinski definition) is 1. The van der Waals surface area contributed by atoms with Gasteiger partial charge in [-0.2, -0.15) is 0 Å². The van der Waals surface area contributed by atoms with E-state index in [1.165, 1.54) is 36.3 Å². The number of aliphatic imine (C=N–C) groups is 1. The van der Waals surface area contributed by atoms with Gasteiger partial charge in [-0.1, -0.05) is 36.4 Å². The molecule has 0 spiro atoms. The first-order chi connectivity index (χ1) is 14.0. The van der Waals surface area contributed by atoms with E-state index in [1.54, 1.807) is 36.4 Å². The first kappa shape index (κ1) is 18.7. The van der Waals surface area contributed by atoms with E-state index in [4.69, 9.17) is 5.73 Å². The van der Waals surface area contributed by atoms with Gasteiger partial charge in [-0.3, -0.25) is 14.7 Å². The Morgan fingerprint density at radius 3 is 2.45 bits per heavy atom. The Kier molecular flexibility index (Phi) is 4.58. The van der Waals surface area contributed by atoms with Gasteiger partial charge in [0.05, 0.1) is 5.69 Å². The van der Waals surface area contributed by atoms with Gasteiger partial charge in [0.25, 0.3) is 5.91 Å². The zero-order valence-corrected chi connectivity index (χ0v) is 15.6. The Labute approximate surface area is 166 Å². The minimum Gasteiger partial charge on any atom is -0.369 e.